The molecular weight excluding hydrogens is 347 g/mol. The number of alkyl halides is 1. The molecule has 1 unspecified atom stereocenters. The molecule has 0 aliphatic carbocycles. The van der Waals surface area contributed by atoms with Crippen LogP contribution in [0.15, 0.2) is 47.7 Å². The molecule has 1 aliphatic heterocycles. The van der Waals surface area contributed by atoms with E-state index in [0.717, 1.165) is 48.7 Å². The smallest absolute Gasteiger partial charge is 0.128 e. The zero-order valence-electron chi connectivity index (χ0n) is 15.3. The molecule has 2 atom stereocenters. The summed E-state index contributed by atoms with van der Waals surface area (Å²) in [5.74, 6) is 0.983. The molecule has 0 bridgehead atoms. The van der Waals surface area contributed by atoms with Gasteiger partial charge in [-0.25, -0.2) is 4.98 Å². The van der Waals surface area contributed by atoms with E-state index in [-0.39, 0.29) is 0 Å². The van der Waals surface area contributed by atoms with E-state index in [2.05, 4.69) is 31.3 Å². The Hall–Kier alpha value is -2.67. The Balaban J connectivity index is 1.75. The van der Waals surface area contributed by atoms with Gasteiger partial charge in [-0.15, -0.1) is 0 Å². The van der Waals surface area contributed by atoms with Crippen molar-refractivity contribution in [2.45, 2.75) is 12.1 Å². The summed E-state index contributed by atoms with van der Waals surface area (Å²) in [5, 5.41) is 6.82. The summed E-state index contributed by atoms with van der Waals surface area (Å²) < 4.78 is 18.5. The van der Waals surface area contributed by atoms with E-state index in [0.29, 0.717) is 0 Å². The molecule has 27 heavy (non-hydrogen) atoms. The summed E-state index contributed by atoms with van der Waals surface area (Å²) in [5.41, 5.74) is 11.4. The first kappa shape index (κ1) is 19.1. The molecule has 0 radical (unpaired) electrons. The Kier molecular flexibility index (Phi) is 6.59. The monoisotopic (exact) mass is 370 g/mol. The Labute approximate surface area is 157 Å². The number of hydrogen-bond acceptors (Lipinski definition) is 5. The van der Waals surface area contributed by atoms with E-state index >= 15 is 0 Å². The van der Waals surface area contributed by atoms with Crippen LogP contribution in [0.25, 0.3) is 21.6 Å². The van der Waals surface area contributed by atoms with E-state index in [1.54, 1.807) is 0 Å². The fraction of sp³-hybridized carbons (Fsp3) is 0.421. The number of piperazine rings is 1. The number of rotatable bonds is 7. The molecular formula is C19H23FN6O. The van der Waals surface area contributed by atoms with Crippen molar-refractivity contribution in [1.82, 2.24) is 10.3 Å². The van der Waals surface area contributed by atoms with Gasteiger partial charge >= 0.3 is 0 Å². The highest BCUT2D eigenvalue weighted by Crippen LogP contribution is 2.27. The van der Waals surface area contributed by atoms with Gasteiger partial charge < -0.3 is 15.0 Å². The average Bonchev–Trinajstić information content (AvgIpc) is 2.75. The van der Waals surface area contributed by atoms with Gasteiger partial charge in [0, 0.05) is 50.0 Å². The van der Waals surface area contributed by atoms with Crippen molar-refractivity contribution in [3.8, 4) is 11.1 Å². The zero-order valence-corrected chi connectivity index (χ0v) is 15.3. The molecule has 0 saturated carbocycles. The maximum atomic E-state index is 13.1. The average molecular weight is 370 g/mol. The second-order valence-electron chi connectivity index (χ2n) is 6.35. The Morgan fingerprint density at radius 1 is 1.22 bits per heavy atom. The summed E-state index contributed by atoms with van der Waals surface area (Å²) in [6.07, 6.45) is 1.25. The van der Waals surface area contributed by atoms with Crippen LogP contribution in [0.2, 0.25) is 0 Å². The van der Waals surface area contributed by atoms with Crippen molar-refractivity contribution in [3.05, 3.63) is 58.6 Å². The topological polar surface area (TPSA) is 86.2 Å². The van der Waals surface area contributed by atoms with Crippen molar-refractivity contribution in [1.29, 1.82) is 0 Å². The minimum absolute atomic E-state index is 0.617. The van der Waals surface area contributed by atoms with Crippen LogP contribution >= 0.6 is 0 Å². The Bertz CT molecular complexity index is 770. The largest absolute Gasteiger partial charge is 0.376 e. The number of halogens is 1. The number of hydrogen-bond donors (Lipinski definition) is 1. The lowest BCUT2D eigenvalue weighted by atomic mass is 9.99. The van der Waals surface area contributed by atoms with Crippen molar-refractivity contribution in [3.63, 3.8) is 0 Å². The summed E-state index contributed by atoms with van der Waals surface area (Å²) in [7, 11) is 1.48. The molecule has 1 N–H and O–H groups in total. The molecule has 7 nitrogen and oxygen atoms in total. The highest BCUT2D eigenvalue weighted by molar-refractivity contribution is 5.64. The summed E-state index contributed by atoms with van der Waals surface area (Å²) >= 11 is 0. The van der Waals surface area contributed by atoms with Gasteiger partial charge in [-0.2, -0.15) is 0 Å². The molecule has 1 aliphatic rings. The number of methoxy groups -OCH3 is 1. The second-order valence-corrected chi connectivity index (χ2v) is 6.35. The predicted molar refractivity (Wildman–Crippen MR) is 103 cm³/mol. The highest BCUT2D eigenvalue weighted by Gasteiger charge is 2.22. The fourth-order valence-corrected chi connectivity index (χ4v) is 3.26. The first-order chi connectivity index (χ1) is 13.3. The molecule has 1 aromatic heterocycles. The number of nitrogens with zero attached hydrogens (tertiary/aromatic N) is 5. The van der Waals surface area contributed by atoms with Crippen LogP contribution in [0, 0.1) is 0 Å². The second kappa shape index (κ2) is 9.32. The molecule has 1 saturated heterocycles. The fourth-order valence-electron chi connectivity index (χ4n) is 3.26. The van der Waals surface area contributed by atoms with E-state index in [1.807, 2.05) is 36.5 Å². The molecule has 2 aromatic rings. The van der Waals surface area contributed by atoms with E-state index in [4.69, 9.17) is 10.3 Å². The third-order valence-electron chi connectivity index (χ3n) is 4.72. The molecule has 142 valence electrons. The van der Waals surface area contributed by atoms with E-state index in [1.165, 1.54) is 7.11 Å². The highest BCUT2D eigenvalue weighted by atomic mass is 19.1. The normalized spacial score (nSPS) is 16.4. The van der Waals surface area contributed by atoms with E-state index in [9.17, 15) is 4.39 Å². The number of anilines is 1. The predicted octanol–water partition coefficient (Wildman–Crippen LogP) is 3.49. The number of aromatic nitrogens is 1. The van der Waals surface area contributed by atoms with Crippen molar-refractivity contribution in [2.24, 2.45) is 5.11 Å². The SMILES string of the molecule is CO[C@H](c1ccc(-c2ccc(N3CCNCC3)nc2)cc1)C(CF)N=[N+]=[N-]. The number of ether oxygens (including phenoxy) is 1. The third-order valence-corrected chi connectivity index (χ3v) is 4.72. The third kappa shape index (κ3) is 4.54. The minimum Gasteiger partial charge on any atom is -0.376 e. The lowest BCUT2D eigenvalue weighted by Crippen LogP contribution is -2.43. The Morgan fingerprint density at radius 2 is 1.93 bits per heavy atom. The van der Waals surface area contributed by atoms with Crippen LogP contribution in [0.1, 0.15) is 11.7 Å². The number of azide groups is 1. The molecule has 1 aromatic carbocycles. The molecule has 8 heteroatoms. The zero-order chi connectivity index (χ0) is 19.1. The lowest BCUT2D eigenvalue weighted by molar-refractivity contribution is 0.0722. The minimum atomic E-state index is -0.883. The lowest BCUT2D eigenvalue weighted by Gasteiger charge is -2.28. The van der Waals surface area contributed by atoms with Crippen LogP contribution in [0.3, 0.4) is 0 Å². The van der Waals surface area contributed by atoms with Gasteiger partial charge in [0.1, 0.15) is 12.5 Å². The van der Waals surface area contributed by atoms with Crippen LogP contribution in [0.5, 0.6) is 0 Å². The van der Waals surface area contributed by atoms with Crippen molar-refractivity contribution >= 4 is 5.82 Å². The first-order valence-electron chi connectivity index (χ1n) is 8.92. The molecule has 0 spiro atoms. The summed E-state index contributed by atoms with van der Waals surface area (Å²) in [6.45, 7) is 3.09. The van der Waals surface area contributed by atoms with Gasteiger partial charge in [0.25, 0.3) is 0 Å². The molecule has 0 amide bonds. The summed E-state index contributed by atoms with van der Waals surface area (Å²) in [4.78, 5) is 9.55. The number of pyridine rings is 1. The maximum absolute atomic E-state index is 13.1. The number of nitrogens with one attached hydrogen (secondary N) is 1. The summed E-state index contributed by atoms with van der Waals surface area (Å²) in [6, 6.07) is 10.8. The Morgan fingerprint density at radius 3 is 2.48 bits per heavy atom. The van der Waals surface area contributed by atoms with Crippen LogP contribution in [-0.4, -0.2) is 51.0 Å². The van der Waals surface area contributed by atoms with Gasteiger partial charge in [0.2, 0.25) is 0 Å². The van der Waals surface area contributed by atoms with E-state index < -0.39 is 18.8 Å². The van der Waals surface area contributed by atoms with Crippen molar-refractivity contribution < 1.29 is 9.13 Å². The quantitative estimate of drug-likeness (QED) is 0.459. The van der Waals surface area contributed by atoms with Crippen molar-refractivity contribution in [2.75, 3.05) is 44.9 Å². The van der Waals surface area contributed by atoms with Gasteiger partial charge in [0.05, 0.1) is 12.1 Å². The molecule has 2 heterocycles. The van der Waals surface area contributed by atoms with Crippen LogP contribution < -0.4 is 10.2 Å². The standard InChI is InChI=1S/C19H23FN6O/c1-27-19(17(12-20)24-25-21)15-4-2-14(3-5-15)16-6-7-18(23-13-16)26-10-8-22-9-11-26/h2-7,13,17,19,22H,8-12H2,1H3/t17?,19-/m1/s1. The number of benzene rings is 1. The van der Waals surface area contributed by atoms with Gasteiger partial charge in [0.15, 0.2) is 0 Å². The molecule has 3 rings (SSSR count). The first-order valence-corrected chi connectivity index (χ1v) is 8.92. The maximum Gasteiger partial charge on any atom is 0.128 e. The van der Waals surface area contributed by atoms with Gasteiger partial charge in [-0.05, 0) is 28.8 Å². The van der Waals surface area contributed by atoms with Crippen LogP contribution in [0.4, 0.5) is 10.2 Å². The van der Waals surface area contributed by atoms with Crippen LogP contribution in [-0.2, 0) is 4.74 Å². The van der Waals surface area contributed by atoms with Gasteiger partial charge in [-0.1, -0.05) is 29.4 Å². The molecule has 1 fully saturated rings. The van der Waals surface area contributed by atoms with Gasteiger partial charge in [-0.3, -0.25) is 4.39 Å².